The molecule has 2 aliphatic heterocycles. The van der Waals surface area contributed by atoms with Crippen LogP contribution in [0.3, 0.4) is 0 Å². The molecule has 0 spiro atoms. The van der Waals surface area contributed by atoms with E-state index in [0.29, 0.717) is 24.2 Å². The number of rotatable bonds is 2. The molecule has 3 heterocycles. The van der Waals surface area contributed by atoms with Crippen molar-refractivity contribution in [2.75, 3.05) is 11.4 Å². The van der Waals surface area contributed by atoms with Crippen molar-refractivity contribution in [3.05, 3.63) is 52.2 Å². The first-order valence-electron chi connectivity index (χ1n) is 8.46. The fourth-order valence-corrected chi connectivity index (χ4v) is 4.30. The minimum absolute atomic E-state index is 0.153. The third-order valence-corrected chi connectivity index (χ3v) is 5.68. The van der Waals surface area contributed by atoms with Gasteiger partial charge >= 0.3 is 0 Å². The number of carbonyl (C=O) groups is 3. The van der Waals surface area contributed by atoms with Crippen LogP contribution >= 0.6 is 11.3 Å². The van der Waals surface area contributed by atoms with Gasteiger partial charge < -0.3 is 4.90 Å². The van der Waals surface area contributed by atoms with Gasteiger partial charge in [-0.25, -0.2) is 4.90 Å². The third kappa shape index (κ3) is 2.76. The first kappa shape index (κ1) is 16.0. The van der Waals surface area contributed by atoms with Gasteiger partial charge in [0.05, 0.1) is 17.7 Å². The summed E-state index contributed by atoms with van der Waals surface area (Å²) in [5.74, 6) is -0.709. The van der Waals surface area contributed by atoms with E-state index in [0.717, 1.165) is 17.7 Å². The Kier molecular flexibility index (Phi) is 4.13. The average Bonchev–Trinajstić information content (AvgIpc) is 3.11. The molecule has 2 aromatic rings. The largest absolute Gasteiger partial charge is 0.327 e. The van der Waals surface area contributed by atoms with Gasteiger partial charge in [0.15, 0.2) is 0 Å². The molecule has 0 unspecified atom stereocenters. The molecule has 0 aliphatic carbocycles. The highest BCUT2D eigenvalue weighted by Crippen LogP contribution is 2.32. The maximum absolute atomic E-state index is 13.2. The van der Waals surface area contributed by atoms with E-state index in [1.54, 1.807) is 29.2 Å². The van der Waals surface area contributed by atoms with E-state index < -0.39 is 6.04 Å². The Morgan fingerprint density at radius 3 is 2.76 bits per heavy atom. The number of carbonyl (C=O) groups excluding carboxylic acids is 3. The summed E-state index contributed by atoms with van der Waals surface area (Å²) in [6, 6.07) is 10.2. The lowest BCUT2D eigenvalue weighted by molar-refractivity contribution is -0.129. The number of hydrogen-bond donors (Lipinski definition) is 0. The van der Waals surface area contributed by atoms with Crippen molar-refractivity contribution in [2.24, 2.45) is 0 Å². The molecular formula is C19H18N2O3S. The van der Waals surface area contributed by atoms with Crippen molar-refractivity contribution >= 4 is 34.7 Å². The van der Waals surface area contributed by atoms with Crippen molar-refractivity contribution in [3.8, 4) is 0 Å². The monoisotopic (exact) mass is 354 g/mol. The van der Waals surface area contributed by atoms with Crippen molar-refractivity contribution in [1.82, 2.24) is 4.90 Å². The van der Waals surface area contributed by atoms with Crippen molar-refractivity contribution in [2.45, 2.75) is 31.7 Å². The SMILES string of the molecule is O=C(Cc1cccs1)N1C(=O)[C@@H]2CCCCN2C(=O)c2ccccc21. The highest BCUT2D eigenvalue weighted by Gasteiger charge is 2.42. The first-order chi connectivity index (χ1) is 12.2. The summed E-state index contributed by atoms with van der Waals surface area (Å²) in [5, 5.41) is 1.91. The highest BCUT2D eigenvalue weighted by molar-refractivity contribution is 7.10. The zero-order valence-electron chi connectivity index (χ0n) is 13.7. The predicted molar refractivity (Wildman–Crippen MR) is 95.6 cm³/mol. The first-order valence-corrected chi connectivity index (χ1v) is 9.34. The van der Waals surface area contributed by atoms with Crippen LogP contribution in [0, 0.1) is 0 Å². The second-order valence-electron chi connectivity index (χ2n) is 6.35. The lowest BCUT2D eigenvalue weighted by Gasteiger charge is -2.34. The average molecular weight is 354 g/mol. The Hall–Kier alpha value is -2.47. The Bertz CT molecular complexity index is 831. The van der Waals surface area contributed by atoms with Gasteiger partial charge in [0, 0.05) is 11.4 Å². The maximum atomic E-state index is 13.2. The number of fused-ring (bicyclic) bond motifs is 2. The van der Waals surface area contributed by atoms with Crippen LogP contribution in [0.4, 0.5) is 5.69 Å². The number of imide groups is 1. The van der Waals surface area contributed by atoms with Crippen LogP contribution in [0.1, 0.15) is 34.5 Å². The fourth-order valence-electron chi connectivity index (χ4n) is 3.60. The summed E-state index contributed by atoms with van der Waals surface area (Å²) in [6.07, 6.45) is 2.56. The van der Waals surface area contributed by atoms with Gasteiger partial charge in [0.1, 0.15) is 6.04 Å². The quantitative estimate of drug-likeness (QED) is 0.833. The van der Waals surface area contributed by atoms with Crippen LogP contribution < -0.4 is 4.90 Å². The zero-order valence-corrected chi connectivity index (χ0v) is 14.5. The summed E-state index contributed by atoms with van der Waals surface area (Å²) >= 11 is 1.49. The Labute approximate surface area is 149 Å². The zero-order chi connectivity index (χ0) is 17.4. The molecule has 4 rings (SSSR count). The number of hydrogen-bond acceptors (Lipinski definition) is 4. The van der Waals surface area contributed by atoms with E-state index in [9.17, 15) is 14.4 Å². The molecule has 1 aromatic heterocycles. The smallest absolute Gasteiger partial charge is 0.256 e. The molecule has 128 valence electrons. The summed E-state index contributed by atoms with van der Waals surface area (Å²) in [6.45, 7) is 0.566. The van der Waals surface area contributed by atoms with Crippen molar-refractivity contribution in [3.63, 3.8) is 0 Å². The molecule has 5 nitrogen and oxygen atoms in total. The third-order valence-electron chi connectivity index (χ3n) is 4.80. The molecule has 25 heavy (non-hydrogen) atoms. The van der Waals surface area contributed by atoms with Gasteiger partial charge in [-0.05, 0) is 42.8 Å². The summed E-state index contributed by atoms with van der Waals surface area (Å²) in [5.41, 5.74) is 0.841. The van der Waals surface area contributed by atoms with E-state index in [-0.39, 0.29) is 24.1 Å². The van der Waals surface area contributed by atoms with E-state index >= 15 is 0 Å². The normalized spacial score (nSPS) is 20.1. The van der Waals surface area contributed by atoms with Gasteiger partial charge in [-0.1, -0.05) is 18.2 Å². The van der Waals surface area contributed by atoms with Crippen LogP contribution in [0.5, 0.6) is 0 Å². The molecule has 1 fully saturated rings. The number of para-hydroxylation sites is 1. The maximum Gasteiger partial charge on any atom is 0.256 e. The predicted octanol–water partition coefficient (Wildman–Crippen LogP) is 2.86. The lowest BCUT2D eigenvalue weighted by atomic mass is 10.0. The van der Waals surface area contributed by atoms with Crippen LogP contribution in [0.2, 0.25) is 0 Å². The minimum atomic E-state index is -0.541. The minimum Gasteiger partial charge on any atom is -0.327 e. The number of anilines is 1. The number of benzene rings is 1. The van der Waals surface area contributed by atoms with Gasteiger partial charge in [-0.2, -0.15) is 0 Å². The van der Waals surface area contributed by atoms with Gasteiger partial charge in [-0.15, -0.1) is 11.3 Å². The van der Waals surface area contributed by atoms with Crippen LogP contribution in [-0.2, 0) is 16.0 Å². The van der Waals surface area contributed by atoms with Gasteiger partial charge in [-0.3, -0.25) is 14.4 Å². The van der Waals surface area contributed by atoms with Crippen LogP contribution in [0.25, 0.3) is 0 Å². The fraction of sp³-hybridized carbons (Fsp3) is 0.316. The number of piperidine rings is 1. The van der Waals surface area contributed by atoms with E-state index in [1.165, 1.54) is 16.2 Å². The van der Waals surface area contributed by atoms with E-state index in [4.69, 9.17) is 0 Å². The highest BCUT2D eigenvalue weighted by atomic mass is 32.1. The lowest BCUT2D eigenvalue weighted by Crippen LogP contribution is -2.52. The molecule has 0 saturated carbocycles. The summed E-state index contributed by atoms with van der Waals surface area (Å²) < 4.78 is 0. The number of nitrogens with zero attached hydrogens (tertiary/aromatic N) is 2. The number of thiophene rings is 1. The van der Waals surface area contributed by atoms with Gasteiger partial charge in [0.25, 0.3) is 11.8 Å². The topological polar surface area (TPSA) is 57.7 Å². The molecule has 3 amide bonds. The summed E-state index contributed by atoms with van der Waals surface area (Å²) in [7, 11) is 0. The summed E-state index contributed by atoms with van der Waals surface area (Å²) in [4.78, 5) is 42.9. The standard InChI is InChI=1S/C19H18N2O3S/c22-17(12-13-6-5-11-25-13)21-15-8-2-1-7-14(15)18(23)20-10-4-3-9-16(20)19(21)24/h1-2,5-8,11,16H,3-4,9-10,12H2/t16-/m0/s1. The molecule has 0 radical (unpaired) electrons. The molecule has 0 N–H and O–H groups in total. The van der Waals surface area contributed by atoms with Crippen molar-refractivity contribution in [1.29, 1.82) is 0 Å². The Balaban J connectivity index is 1.78. The van der Waals surface area contributed by atoms with Gasteiger partial charge in [0.2, 0.25) is 5.91 Å². The molecular weight excluding hydrogens is 336 g/mol. The van der Waals surface area contributed by atoms with Crippen LogP contribution in [0.15, 0.2) is 41.8 Å². The molecule has 1 saturated heterocycles. The van der Waals surface area contributed by atoms with Crippen LogP contribution in [-0.4, -0.2) is 35.2 Å². The molecule has 1 aromatic carbocycles. The second-order valence-corrected chi connectivity index (χ2v) is 7.38. The Morgan fingerprint density at radius 1 is 1.12 bits per heavy atom. The molecule has 6 heteroatoms. The Morgan fingerprint density at radius 2 is 1.96 bits per heavy atom. The molecule has 1 atom stereocenters. The molecule has 0 bridgehead atoms. The van der Waals surface area contributed by atoms with E-state index in [1.807, 2.05) is 17.5 Å². The second kappa shape index (κ2) is 6.44. The molecule has 2 aliphatic rings. The van der Waals surface area contributed by atoms with Crippen molar-refractivity contribution < 1.29 is 14.4 Å². The van der Waals surface area contributed by atoms with E-state index in [2.05, 4.69) is 0 Å². The number of amides is 3.